The van der Waals surface area contributed by atoms with E-state index in [1.54, 1.807) is 4.90 Å². The van der Waals surface area contributed by atoms with Crippen molar-refractivity contribution in [1.29, 1.82) is 0 Å². The molecular formula is C21H24N2O2. The van der Waals surface area contributed by atoms with E-state index in [-0.39, 0.29) is 17.7 Å². The first-order chi connectivity index (χ1) is 11.8. The summed E-state index contributed by atoms with van der Waals surface area (Å²) in [7, 11) is 1.82. The number of para-hydroxylation sites is 1. The molecule has 0 radical (unpaired) electrons. The zero-order valence-electron chi connectivity index (χ0n) is 15.2. The van der Waals surface area contributed by atoms with Gasteiger partial charge in [0.15, 0.2) is 5.58 Å². The number of nitrogens with zero attached hydrogens (tertiary/aromatic N) is 2. The van der Waals surface area contributed by atoms with Crippen LogP contribution in [-0.2, 0) is 23.2 Å². The van der Waals surface area contributed by atoms with Crippen molar-refractivity contribution in [3.63, 3.8) is 0 Å². The highest BCUT2D eigenvalue weighted by atomic mass is 16.5. The molecule has 0 bridgehead atoms. The number of carbonyl (C=O) groups is 1. The quantitative estimate of drug-likeness (QED) is 0.712. The summed E-state index contributed by atoms with van der Waals surface area (Å²) in [6.07, 6.45) is 0.244. The zero-order chi connectivity index (χ0) is 18.0. The largest absolute Gasteiger partial charge is 0.356 e. The fourth-order valence-electron chi connectivity index (χ4n) is 2.82. The maximum atomic E-state index is 12.5. The second-order valence-electron chi connectivity index (χ2n) is 7.50. The van der Waals surface area contributed by atoms with E-state index >= 15 is 0 Å². The number of carbonyl (C=O) groups excluding carboxylic acids is 1. The molecule has 0 N–H and O–H groups in total. The third kappa shape index (κ3) is 3.90. The SMILES string of the molecule is CN(Cc1ccc(C(C)(C)C)cc1)C(=O)Cc1noc2ccccc12. The number of hydrogen-bond acceptors (Lipinski definition) is 3. The standard InChI is InChI=1S/C21H24N2O2/c1-21(2,3)16-11-9-15(10-12-16)14-23(4)20(24)13-18-17-7-5-6-8-19(17)25-22-18/h5-12H,13-14H2,1-4H3. The van der Waals surface area contributed by atoms with E-state index in [0.29, 0.717) is 17.8 Å². The van der Waals surface area contributed by atoms with Crippen LogP contribution in [0.4, 0.5) is 0 Å². The number of rotatable bonds is 4. The smallest absolute Gasteiger partial charge is 0.228 e. The Morgan fingerprint density at radius 3 is 2.44 bits per heavy atom. The molecule has 0 atom stereocenters. The molecule has 0 aliphatic carbocycles. The molecule has 1 heterocycles. The van der Waals surface area contributed by atoms with Gasteiger partial charge < -0.3 is 9.42 Å². The van der Waals surface area contributed by atoms with Crippen molar-refractivity contribution >= 4 is 16.9 Å². The van der Waals surface area contributed by atoms with Gasteiger partial charge in [0, 0.05) is 19.0 Å². The van der Waals surface area contributed by atoms with E-state index in [2.05, 4.69) is 50.2 Å². The van der Waals surface area contributed by atoms with Crippen LogP contribution in [-0.4, -0.2) is 23.0 Å². The average molecular weight is 336 g/mol. The molecular weight excluding hydrogens is 312 g/mol. The number of hydrogen-bond donors (Lipinski definition) is 0. The fraction of sp³-hybridized carbons (Fsp3) is 0.333. The van der Waals surface area contributed by atoms with E-state index in [0.717, 1.165) is 10.9 Å². The van der Waals surface area contributed by atoms with Crippen molar-refractivity contribution in [2.24, 2.45) is 0 Å². The number of aromatic nitrogens is 1. The van der Waals surface area contributed by atoms with Crippen LogP contribution in [0.5, 0.6) is 0 Å². The first-order valence-corrected chi connectivity index (χ1v) is 8.51. The van der Waals surface area contributed by atoms with Crippen LogP contribution in [0.2, 0.25) is 0 Å². The Labute approximate surface area is 148 Å². The molecule has 0 aliphatic rings. The van der Waals surface area contributed by atoms with Gasteiger partial charge in [0.05, 0.1) is 6.42 Å². The van der Waals surface area contributed by atoms with E-state index < -0.39 is 0 Å². The van der Waals surface area contributed by atoms with Gasteiger partial charge in [-0.05, 0) is 28.7 Å². The maximum Gasteiger partial charge on any atom is 0.228 e. The Morgan fingerprint density at radius 1 is 1.08 bits per heavy atom. The maximum absolute atomic E-state index is 12.5. The summed E-state index contributed by atoms with van der Waals surface area (Å²) in [6.45, 7) is 7.17. The van der Waals surface area contributed by atoms with Crippen molar-refractivity contribution < 1.29 is 9.32 Å². The van der Waals surface area contributed by atoms with Crippen LogP contribution in [0.1, 0.15) is 37.6 Å². The summed E-state index contributed by atoms with van der Waals surface area (Å²) in [5.74, 6) is 0.0268. The van der Waals surface area contributed by atoms with Gasteiger partial charge in [0.25, 0.3) is 0 Å². The highest BCUT2D eigenvalue weighted by Gasteiger charge is 2.16. The van der Waals surface area contributed by atoms with Crippen molar-refractivity contribution in [1.82, 2.24) is 10.1 Å². The summed E-state index contributed by atoms with van der Waals surface area (Å²) >= 11 is 0. The molecule has 1 amide bonds. The highest BCUT2D eigenvalue weighted by Crippen LogP contribution is 2.23. The van der Waals surface area contributed by atoms with Gasteiger partial charge in [-0.3, -0.25) is 4.79 Å². The summed E-state index contributed by atoms with van der Waals surface area (Å²) in [4.78, 5) is 14.3. The minimum absolute atomic E-state index is 0.0268. The molecule has 0 saturated heterocycles. The molecule has 0 fully saturated rings. The lowest BCUT2D eigenvalue weighted by Crippen LogP contribution is -2.27. The molecule has 3 rings (SSSR count). The second-order valence-corrected chi connectivity index (χ2v) is 7.50. The number of benzene rings is 2. The summed E-state index contributed by atoms with van der Waals surface area (Å²) in [5.41, 5.74) is 3.95. The molecule has 4 heteroatoms. The lowest BCUT2D eigenvalue weighted by molar-refractivity contribution is -0.129. The van der Waals surface area contributed by atoms with Gasteiger partial charge in [-0.1, -0.05) is 62.3 Å². The van der Waals surface area contributed by atoms with Crippen LogP contribution in [0, 0.1) is 0 Å². The third-order valence-corrected chi connectivity index (χ3v) is 4.44. The first-order valence-electron chi connectivity index (χ1n) is 8.51. The van der Waals surface area contributed by atoms with Crippen LogP contribution < -0.4 is 0 Å². The molecule has 2 aromatic carbocycles. The molecule has 0 saturated carbocycles. The van der Waals surface area contributed by atoms with Gasteiger partial charge in [0.1, 0.15) is 5.69 Å². The number of amides is 1. The molecule has 25 heavy (non-hydrogen) atoms. The van der Waals surface area contributed by atoms with Crippen molar-refractivity contribution in [3.05, 3.63) is 65.4 Å². The molecule has 3 aromatic rings. The van der Waals surface area contributed by atoms with E-state index in [1.165, 1.54) is 5.56 Å². The predicted octanol–water partition coefficient (Wildman–Crippen LogP) is 4.33. The van der Waals surface area contributed by atoms with Crippen LogP contribution in [0.25, 0.3) is 11.0 Å². The van der Waals surface area contributed by atoms with E-state index in [9.17, 15) is 4.79 Å². The summed E-state index contributed by atoms with van der Waals surface area (Å²) in [5, 5.41) is 4.94. The van der Waals surface area contributed by atoms with Crippen LogP contribution in [0.3, 0.4) is 0 Å². The molecule has 0 unspecified atom stereocenters. The van der Waals surface area contributed by atoms with Crippen molar-refractivity contribution in [2.75, 3.05) is 7.05 Å². The number of likely N-dealkylation sites (N-methyl/N-ethyl adjacent to an activating group) is 1. The van der Waals surface area contributed by atoms with Gasteiger partial charge in [-0.25, -0.2) is 0 Å². The van der Waals surface area contributed by atoms with E-state index in [4.69, 9.17) is 4.52 Å². The Hall–Kier alpha value is -2.62. The molecule has 1 aromatic heterocycles. The second kappa shape index (κ2) is 6.71. The zero-order valence-corrected chi connectivity index (χ0v) is 15.2. The van der Waals surface area contributed by atoms with Crippen LogP contribution >= 0.6 is 0 Å². The van der Waals surface area contributed by atoms with Crippen LogP contribution in [0.15, 0.2) is 53.1 Å². The van der Waals surface area contributed by atoms with Gasteiger partial charge in [0.2, 0.25) is 5.91 Å². The Balaban J connectivity index is 1.66. The highest BCUT2D eigenvalue weighted by molar-refractivity contribution is 5.86. The average Bonchev–Trinajstić information content (AvgIpc) is 2.97. The Kier molecular flexibility index (Phi) is 4.62. The minimum atomic E-state index is 0.0268. The van der Waals surface area contributed by atoms with Gasteiger partial charge in [-0.2, -0.15) is 0 Å². The molecule has 0 spiro atoms. The fourth-order valence-corrected chi connectivity index (χ4v) is 2.82. The number of fused-ring (bicyclic) bond motifs is 1. The Morgan fingerprint density at radius 2 is 1.76 bits per heavy atom. The van der Waals surface area contributed by atoms with Crippen molar-refractivity contribution in [2.45, 2.75) is 39.2 Å². The lowest BCUT2D eigenvalue weighted by atomic mass is 9.87. The predicted molar refractivity (Wildman–Crippen MR) is 99.3 cm³/mol. The molecule has 4 nitrogen and oxygen atoms in total. The van der Waals surface area contributed by atoms with Crippen molar-refractivity contribution in [3.8, 4) is 0 Å². The molecule has 0 aliphatic heterocycles. The topological polar surface area (TPSA) is 46.3 Å². The normalized spacial score (nSPS) is 11.7. The first kappa shape index (κ1) is 17.2. The Bertz CT molecular complexity index is 873. The third-order valence-electron chi connectivity index (χ3n) is 4.44. The summed E-state index contributed by atoms with van der Waals surface area (Å²) in [6, 6.07) is 16.1. The van der Waals surface area contributed by atoms with Gasteiger partial charge >= 0.3 is 0 Å². The van der Waals surface area contributed by atoms with E-state index in [1.807, 2.05) is 31.3 Å². The van der Waals surface area contributed by atoms with Gasteiger partial charge in [-0.15, -0.1) is 0 Å². The molecule has 130 valence electrons. The lowest BCUT2D eigenvalue weighted by Gasteiger charge is -2.20. The minimum Gasteiger partial charge on any atom is -0.356 e. The monoisotopic (exact) mass is 336 g/mol. The summed E-state index contributed by atoms with van der Waals surface area (Å²) < 4.78 is 5.27.